The summed E-state index contributed by atoms with van der Waals surface area (Å²) in [6.07, 6.45) is 2.73. The second kappa shape index (κ2) is 6.45. The molecule has 0 aliphatic rings. The number of benzene rings is 1. The van der Waals surface area contributed by atoms with E-state index in [0.717, 1.165) is 10.9 Å². The van der Waals surface area contributed by atoms with Crippen LogP contribution >= 0.6 is 15.9 Å². The molecule has 0 heterocycles. The van der Waals surface area contributed by atoms with Gasteiger partial charge in [-0.1, -0.05) is 28.9 Å². The molecule has 0 radical (unpaired) electrons. The van der Waals surface area contributed by atoms with Gasteiger partial charge in [0.1, 0.15) is 5.75 Å². The summed E-state index contributed by atoms with van der Waals surface area (Å²) in [4.78, 5) is 11.8. The van der Waals surface area contributed by atoms with Gasteiger partial charge in [0.2, 0.25) is 0 Å². The molecule has 0 aliphatic carbocycles. The number of hydrogen-bond donors (Lipinski definition) is 1. The molecule has 1 rings (SSSR count). The number of amides is 1. The Kier molecular flexibility index (Phi) is 5.22. The molecular formula is C13H16BrNO2. The van der Waals surface area contributed by atoms with Gasteiger partial charge < -0.3 is 10.1 Å². The molecule has 0 aromatic heterocycles. The second-order valence-electron chi connectivity index (χ2n) is 3.59. The highest BCUT2D eigenvalue weighted by Gasteiger charge is 2.09. The summed E-state index contributed by atoms with van der Waals surface area (Å²) in [6, 6.07) is 5.48. The van der Waals surface area contributed by atoms with Gasteiger partial charge in [0.15, 0.2) is 0 Å². The van der Waals surface area contributed by atoms with Gasteiger partial charge in [-0.25, -0.2) is 0 Å². The van der Waals surface area contributed by atoms with Crippen LogP contribution < -0.4 is 10.1 Å². The number of methoxy groups -OCH3 is 1. The Labute approximate surface area is 110 Å². The van der Waals surface area contributed by atoms with Gasteiger partial charge in [0.05, 0.1) is 12.8 Å². The molecule has 0 spiro atoms. The SMILES string of the molecule is CC/C=C(/C)C(=O)Nc1cc(Br)ccc1OC. The predicted octanol–water partition coefficient (Wildman–Crippen LogP) is 3.75. The maximum atomic E-state index is 11.8. The number of nitrogens with one attached hydrogen (secondary N) is 1. The van der Waals surface area contributed by atoms with E-state index in [1.165, 1.54) is 0 Å². The van der Waals surface area contributed by atoms with E-state index in [1.54, 1.807) is 20.1 Å². The molecule has 17 heavy (non-hydrogen) atoms. The lowest BCUT2D eigenvalue weighted by Gasteiger charge is -2.10. The van der Waals surface area contributed by atoms with Gasteiger partial charge in [0, 0.05) is 10.0 Å². The van der Waals surface area contributed by atoms with Gasteiger partial charge in [-0.05, 0) is 31.5 Å². The van der Waals surface area contributed by atoms with E-state index in [9.17, 15) is 4.79 Å². The molecule has 0 saturated heterocycles. The van der Waals surface area contributed by atoms with Crippen LogP contribution in [0.5, 0.6) is 5.75 Å². The first kappa shape index (κ1) is 13.8. The summed E-state index contributed by atoms with van der Waals surface area (Å²) < 4.78 is 6.08. The molecule has 0 bridgehead atoms. The molecule has 1 aromatic rings. The topological polar surface area (TPSA) is 38.3 Å². The zero-order chi connectivity index (χ0) is 12.8. The van der Waals surface area contributed by atoms with Gasteiger partial charge in [-0.2, -0.15) is 0 Å². The first-order valence-corrected chi connectivity index (χ1v) is 6.19. The smallest absolute Gasteiger partial charge is 0.251 e. The third-order valence-electron chi connectivity index (χ3n) is 2.28. The number of carbonyl (C=O) groups excluding carboxylic acids is 1. The van der Waals surface area contributed by atoms with Crippen molar-refractivity contribution in [2.45, 2.75) is 20.3 Å². The maximum Gasteiger partial charge on any atom is 0.251 e. The van der Waals surface area contributed by atoms with Crippen molar-refractivity contribution in [1.29, 1.82) is 0 Å². The minimum atomic E-state index is -0.108. The standard InChI is InChI=1S/C13H16BrNO2/c1-4-5-9(2)13(16)15-11-8-10(14)6-7-12(11)17-3/h5-8H,4H2,1-3H3,(H,15,16)/b9-5-. The fourth-order valence-electron chi connectivity index (χ4n) is 1.40. The molecule has 3 nitrogen and oxygen atoms in total. The van der Waals surface area contributed by atoms with Crippen LogP contribution in [0.3, 0.4) is 0 Å². The Morgan fingerprint density at radius 1 is 1.53 bits per heavy atom. The largest absolute Gasteiger partial charge is 0.495 e. The van der Waals surface area contributed by atoms with E-state index in [1.807, 2.05) is 25.1 Å². The Hall–Kier alpha value is -1.29. The minimum Gasteiger partial charge on any atom is -0.495 e. The number of anilines is 1. The first-order chi connectivity index (χ1) is 8.08. The van der Waals surface area contributed by atoms with Crippen LogP contribution in [-0.4, -0.2) is 13.0 Å². The van der Waals surface area contributed by atoms with E-state index in [2.05, 4.69) is 21.2 Å². The van der Waals surface area contributed by atoms with Crippen molar-refractivity contribution in [2.24, 2.45) is 0 Å². The monoisotopic (exact) mass is 297 g/mol. The zero-order valence-electron chi connectivity index (χ0n) is 10.2. The number of hydrogen-bond acceptors (Lipinski definition) is 2. The van der Waals surface area contributed by atoms with Gasteiger partial charge >= 0.3 is 0 Å². The maximum absolute atomic E-state index is 11.8. The normalized spacial score (nSPS) is 11.2. The van der Waals surface area contributed by atoms with Crippen LogP contribution in [0.1, 0.15) is 20.3 Å². The van der Waals surface area contributed by atoms with Crippen molar-refractivity contribution in [1.82, 2.24) is 0 Å². The average molecular weight is 298 g/mol. The van der Waals surface area contributed by atoms with Crippen LogP contribution in [0, 0.1) is 0 Å². The summed E-state index contributed by atoms with van der Waals surface area (Å²) in [5.74, 6) is 0.536. The number of carbonyl (C=O) groups is 1. The molecule has 0 aliphatic heterocycles. The van der Waals surface area contributed by atoms with E-state index in [0.29, 0.717) is 17.0 Å². The van der Waals surface area contributed by atoms with Crippen molar-refractivity contribution in [2.75, 3.05) is 12.4 Å². The third-order valence-corrected chi connectivity index (χ3v) is 2.77. The van der Waals surface area contributed by atoms with E-state index < -0.39 is 0 Å². The van der Waals surface area contributed by atoms with E-state index in [-0.39, 0.29) is 5.91 Å². The lowest BCUT2D eigenvalue weighted by Crippen LogP contribution is -2.13. The molecular weight excluding hydrogens is 282 g/mol. The van der Waals surface area contributed by atoms with Gasteiger partial charge in [-0.3, -0.25) is 4.79 Å². The van der Waals surface area contributed by atoms with Crippen molar-refractivity contribution < 1.29 is 9.53 Å². The highest BCUT2D eigenvalue weighted by Crippen LogP contribution is 2.28. The molecule has 92 valence electrons. The number of allylic oxidation sites excluding steroid dienone is 1. The summed E-state index contributed by atoms with van der Waals surface area (Å²) in [6.45, 7) is 3.79. The first-order valence-electron chi connectivity index (χ1n) is 5.40. The van der Waals surface area contributed by atoms with Crippen molar-refractivity contribution >= 4 is 27.5 Å². The second-order valence-corrected chi connectivity index (χ2v) is 4.51. The molecule has 0 unspecified atom stereocenters. The molecule has 0 fully saturated rings. The summed E-state index contributed by atoms with van der Waals surface area (Å²) >= 11 is 3.36. The van der Waals surface area contributed by atoms with Crippen LogP contribution in [0.4, 0.5) is 5.69 Å². The fraction of sp³-hybridized carbons (Fsp3) is 0.308. The fourth-order valence-corrected chi connectivity index (χ4v) is 1.76. The quantitative estimate of drug-likeness (QED) is 0.860. The van der Waals surface area contributed by atoms with Crippen molar-refractivity contribution in [3.8, 4) is 5.75 Å². The van der Waals surface area contributed by atoms with Gasteiger partial charge in [-0.15, -0.1) is 0 Å². The number of ether oxygens (including phenoxy) is 1. The summed E-state index contributed by atoms with van der Waals surface area (Å²) in [5, 5.41) is 2.82. The summed E-state index contributed by atoms with van der Waals surface area (Å²) in [5.41, 5.74) is 1.37. The molecule has 0 atom stereocenters. The molecule has 1 amide bonds. The summed E-state index contributed by atoms with van der Waals surface area (Å²) in [7, 11) is 1.58. The number of halogens is 1. The highest BCUT2D eigenvalue weighted by atomic mass is 79.9. The lowest BCUT2D eigenvalue weighted by atomic mass is 10.2. The molecule has 0 saturated carbocycles. The van der Waals surface area contributed by atoms with Crippen molar-refractivity contribution in [3.63, 3.8) is 0 Å². The Morgan fingerprint density at radius 2 is 2.24 bits per heavy atom. The zero-order valence-corrected chi connectivity index (χ0v) is 11.8. The molecule has 1 N–H and O–H groups in total. The Morgan fingerprint density at radius 3 is 2.82 bits per heavy atom. The average Bonchev–Trinajstić information content (AvgIpc) is 2.29. The van der Waals surface area contributed by atoms with Crippen LogP contribution in [0.15, 0.2) is 34.3 Å². The van der Waals surface area contributed by atoms with Crippen LogP contribution in [0.2, 0.25) is 0 Å². The lowest BCUT2D eigenvalue weighted by molar-refractivity contribution is -0.112. The highest BCUT2D eigenvalue weighted by molar-refractivity contribution is 9.10. The van der Waals surface area contributed by atoms with E-state index >= 15 is 0 Å². The van der Waals surface area contributed by atoms with Crippen LogP contribution in [-0.2, 0) is 4.79 Å². The number of rotatable bonds is 4. The third kappa shape index (κ3) is 3.89. The Balaban J connectivity index is 2.91. The van der Waals surface area contributed by atoms with Crippen LogP contribution in [0.25, 0.3) is 0 Å². The van der Waals surface area contributed by atoms with Crippen molar-refractivity contribution in [3.05, 3.63) is 34.3 Å². The van der Waals surface area contributed by atoms with E-state index in [4.69, 9.17) is 4.74 Å². The molecule has 4 heteroatoms. The predicted molar refractivity (Wildman–Crippen MR) is 73.4 cm³/mol. The Bertz CT molecular complexity index is 441. The van der Waals surface area contributed by atoms with Gasteiger partial charge in [0.25, 0.3) is 5.91 Å². The molecule has 1 aromatic carbocycles. The minimum absolute atomic E-state index is 0.108.